The van der Waals surface area contributed by atoms with Crippen LogP contribution >= 0.6 is 0 Å². The van der Waals surface area contributed by atoms with Crippen LogP contribution in [0.5, 0.6) is 5.88 Å². The Bertz CT molecular complexity index is 324. The molecule has 4 nitrogen and oxygen atoms in total. The van der Waals surface area contributed by atoms with E-state index in [0.717, 1.165) is 7.05 Å². The normalized spacial score (nSPS) is 11.2. The zero-order valence-electron chi connectivity index (χ0n) is 7.59. The topological polar surface area (TPSA) is 61.1 Å². The van der Waals surface area contributed by atoms with Crippen molar-refractivity contribution in [3.8, 4) is 5.88 Å². The second-order valence-corrected chi connectivity index (χ2v) is 2.41. The molecule has 0 amide bonds. The van der Waals surface area contributed by atoms with Crippen molar-refractivity contribution in [1.82, 2.24) is 9.78 Å². The van der Waals surface area contributed by atoms with Gasteiger partial charge in [-0.2, -0.15) is 18.3 Å². The molecule has 0 saturated carbocycles. The van der Waals surface area contributed by atoms with E-state index in [1.807, 2.05) is 0 Å². The van der Waals surface area contributed by atoms with Crippen LogP contribution in [0.25, 0.3) is 0 Å². The number of alkyl halides is 3. The minimum atomic E-state index is -4.70. The van der Waals surface area contributed by atoms with Crippen molar-refractivity contribution in [2.75, 3.05) is 0 Å². The van der Waals surface area contributed by atoms with E-state index in [4.69, 9.17) is 5.11 Å². The fraction of sp³-hybridized carbons (Fsp3) is 0.500. The smallest absolute Gasteiger partial charge is 0.859 e. The predicted molar refractivity (Wildman–Crippen MR) is 33.6 cm³/mol. The van der Waals surface area contributed by atoms with E-state index in [1.54, 1.807) is 0 Å². The van der Waals surface area contributed by atoms with Crippen LogP contribution in [0.3, 0.4) is 0 Å². The monoisotopic (exact) mass is 218 g/mol. The number of hydrogen-bond acceptors (Lipinski definition) is 3. The summed E-state index contributed by atoms with van der Waals surface area (Å²) in [4.78, 5) is 0. The molecule has 0 saturated heterocycles. The van der Waals surface area contributed by atoms with Crippen molar-refractivity contribution in [1.29, 1.82) is 0 Å². The number of halogens is 3. The Labute approximate surface area is 99.6 Å². The Balaban J connectivity index is 0.00000169. The Morgan fingerprint density at radius 1 is 1.50 bits per heavy atom. The van der Waals surface area contributed by atoms with Crippen molar-refractivity contribution in [3.05, 3.63) is 11.3 Å². The number of aromatic nitrogens is 2. The summed E-state index contributed by atoms with van der Waals surface area (Å²) in [6.45, 7) is -0.957. The van der Waals surface area contributed by atoms with Crippen LogP contribution in [0.1, 0.15) is 11.3 Å². The zero-order valence-corrected chi connectivity index (χ0v) is 9.59. The minimum Gasteiger partial charge on any atom is -0.859 e. The summed E-state index contributed by atoms with van der Waals surface area (Å²) in [5, 5.41) is 22.4. The standard InChI is InChI=1S/C6H7F3N2O2.Na/c1-11-5(13)3(2-12)4(10-11)6(7,8)9;/h12-13H,2H2,1H3;/q;+1/p-1. The van der Waals surface area contributed by atoms with Crippen LogP contribution in [0.2, 0.25) is 0 Å². The molecule has 8 heteroatoms. The molecule has 74 valence electrons. The molecule has 1 aromatic rings. The van der Waals surface area contributed by atoms with Crippen LogP contribution in [0.15, 0.2) is 0 Å². The Morgan fingerprint density at radius 2 is 2.00 bits per heavy atom. The van der Waals surface area contributed by atoms with Gasteiger partial charge < -0.3 is 10.2 Å². The third-order valence-corrected chi connectivity index (χ3v) is 1.51. The molecule has 0 aliphatic heterocycles. The number of nitrogens with zero attached hydrogens (tertiary/aromatic N) is 2. The van der Waals surface area contributed by atoms with Crippen LogP contribution < -0.4 is 34.7 Å². The van der Waals surface area contributed by atoms with Gasteiger partial charge in [-0.05, 0) is 5.88 Å². The summed E-state index contributed by atoms with van der Waals surface area (Å²) < 4.78 is 36.9. The van der Waals surface area contributed by atoms with Gasteiger partial charge in [0.15, 0.2) is 5.69 Å². The summed E-state index contributed by atoms with van der Waals surface area (Å²) in [6, 6.07) is 0. The van der Waals surface area contributed by atoms with Gasteiger partial charge in [0.1, 0.15) is 0 Å². The largest absolute Gasteiger partial charge is 1.00 e. The van der Waals surface area contributed by atoms with Crippen molar-refractivity contribution in [2.24, 2.45) is 7.05 Å². The summed E-state index contributed by atoms with van der Waals surface area (Å²) >= 11 is 0. The summed E-state index contributed by atoms with van der Waals surface area (Å²) in [5.41, 5.74) is -2.03. The average Bonchev–Trinajstić information content (AvgIpc) is 2.28. The molecular weight excluding hydrogens is 212 g/mol. The number of aliphatic hydroxyl groups excluding tert-OH is 1. The Hall–Kier alpha value is -0.240. The van der Waals surface area contributed by atoms with Gasteiger partial charge >= 0.3 is 35.7 Å². The predicted octanol–water partition coefficient (Wildman–Crippen LogP) is -2.99. The third-order valence-electron chi connectivity index (χ3n) is 1.51. The molecule has 14 heavy (non-hydrogen) atoms. The molecular formula is C6H6F3N2NaO2. The average molecular weight is 218 g/mol. The van der Waals surface area contributed by atoms with Crippen molar-refractivity contribution in [2.45, 2.75) is 12.8 Å². The van der Waals surface area contributed by atoms with Gasteiger partial charge in [-0.1, -0.05) is 0 Å². The van der Waals surface area contributed by atoms with Gasteiger partial charge in [0.25, 0.3) is 0 Å². The first-order valence-electron chi connectivity index (χ1n) is 3.29. The minimum absolute atomic E-state index is 0. The molecule has 0 fully saturated rings. The quantitative estimate of drug-likeness (QED) is 0.511. The van der Waals surface area contributed by atoms with Crippen LogP contribution in [0.4, 0.5) is 13.2 Å². The molecule has 0 aliphatic rings. The van der Waals surface area contributed by atoms with Crippen LogP contribution in [-0.4, -0.2) is 14.9 Å². The van der Waals surface area contributed by atoms with Gasteiger partial charge in [-0.25, -0.2) is 0 Å². The van der Waals surface area contributed by atoms with Gasteiger partial charge in [0.05, 0.1) is 6.61 Å². The van der Waals surface area contributed by atoms with Crippen LogP contribution in [-0.2, 0) is 19.8 Å². The van der Waals surface area contributed by atoms with Gasteiger partial charge in [0.2, 0.25) is 0 Å². The summed E-state index contributed by atoms with van der Waals surface area (Å²) in [7, 11) is 1.09. The summed E-state index contributed by atoms with van der Waals surface area (Å²) in [6.07, 6.45) is -4.70. The molecule has 0 aliphatic carbocycles. The number of aliphatic hydroxyl groups is 1. The zero-order chi connectivity index (χ0) is 10.2. The summed E-state index contributed by atoms with van der Waals surface area (Å²) in [5.74, 6) is -0.921. The van der Waals surface area contributed by atoms with Crippen LogP contribution in [0, 0.1) is 0 Å². The van der Waals surface area contributed by atoms with E-state index in [-0.39, 0.29) is 29.6 Å². The van der Waals surface area contributed by atoms with E-state index in [1.165, 1.54) is 0 Å². The molecule has 0 radical (unpaired) electrons. The van der Waals surface area contributed by atoms with E-state index >= 15 is 0 Å². The number of aryl methyl sites for hydroxylation is 1. The first-order chi connectivity index (χ1) is 5.88. The molecule has 0 unspecified atom stereocenters. The second kappa shape index (κ2) is 4.52. The van der Waals surface area contributed by atoms with Gasteiger partial charge in [-0.3, -0.25) is 4.68 Å². The van der Waals surface area contributed by atoms with Gasteiger partial charge in [0, 0.05) is 12.6 Å². The van der Waals surface area contributed by atoms with Crippen molar-refractivity contribution in [3.63, 3.8) is 0 Å². The third kappa shape index (κ3) is 2.41. The number of rotatable bonds is 1. The SMILES string of the molecule is Cn1nc(C(F)(F)F)c(CO)c1[O-].[Na+]. The molecule has 0 aromatic carbocycles. The molecule has 1 aromatic heterocycles. The van der Waals surface area contributed by atoms with Crippen molar-refractivity contribution < 1.29 is 52.9 Å². The van der Waals surface area contributed by atoms with E-state index in [9.17, 15) is 18.3 Å². The molecule has 1 rings (SSSR count). The molecule has 0 spiro atoms. The second-order valence-electron chi connectivity index (χ2n) is 2.41. The molecule has 0 atom stereocenters. The van der Waals surface area contributed by atoms with E-state index < -0.39 is 29.9 Å². The maximum absolute atomic E-state index is 12.1. The van der Waals surface area contributed by atoms with E-state index in [2.05, 4.69) is 5.10 Å². The fourth-order valence-corrected chi connectivity index (χ4v) is 0.923. The molecule has 0 bridgehead atoms. The molecule has 1 heterocycles. The first-order valence-corrected chi connectivity index (χ1v) is 3.29. The fourth-order valence-electron chi connectivity index (χ4n) is 0.923. The maximum Gasteiger partial charge on any atom is 1.00 e. The maximum atomic E-state index is 12.1. The number of hydrogen-bond donors (Lipinski definition) is 1. The first kappa shape index (κ1) is 13.8. The molecule has 1 N–H and O–H groups in total. The van der Waals surface area contributed by atoms with Crippen molar-refractivity contribution >= 4 is 0 Å². The Morgan fingerprint density at radius 3 is 2.29 bits per heavy atom. The van der Waals surface area contributed by atoms with E-state index in [0.29, 0.717) is 4.68 Å². The van der Waals surface area contributed by atoms with Gasteiger partial charge in [-0.15, -0.1) is 0 Å². The Kier molecular flexibility index (Phi) is 4.44.